The second-order valence-electron chi connectivity index (χ2n) is 6.42. The first-order valence-electron chi connectivity index (χ1n) is 8.49. The fourth-order valence-electron chi connectivity index (χ4n) is 3.46. The lowest BCUT2D eigenvalue weighted by Crippen LogP contribution is -2.38. The van der Waals surface area contributed by atoms with Crippen molar-refractivity contribution in [2.24, 2.45) is 0 Å². The summed E-state index contributed by atoms with van der Waals surface area (Å²) in [6, 6.07) is 6.74. The predicted octanol–water partition coefficient (Wildman–Crippen LogP) is 2.53. The number of nitrogens with one attached hydrogen (secondary N) is 1. The molecule has 1 aromatic carbocycles. The van der Waals surface area contributed by atoms with Gasteiger partial charge in [0.25, 0.3) is 5.91 Å². The van der Waals surface area contributed by atoms with Gasteiger partial charge in [-0.15, -0.1) is 0 Å². The molecule has 126 valence electrons. The molecule has 3 rings (SSSR count). The first-order valence-corrected chi connectivity index (χ1v) is 9.93. The smallest absolute Gasteiger partial charge is 0.252 e. The van der Waals surface area contributed by atoms with Crippen LogP contribution in [-0.4, -0.2) is 37.8 Å². The van der Waals surface area contributed by atoms with Gasteiger partial charge in [0.1, 0.15) is 0 Å². The average molecular weight is 336 g/mol. The highest BCUT2D eigenvalue weighted by molar-refractivity contribution is 7.89. The number of amides is 1. The Morgan fingerprint density at radius 1 is 1.00 bits per heavy atom. The topological polar surface area (TPSA) is 66.5 Å². The van der Waals surface area contributed by atoms with Crippen LogP contribution in [0, 0.1) is 0 Å². The van der Waals surface area contributed by atoms with Crippen LogP contribution in [0.3, 0.4) is 0 Å². The highest BCUT2D eigenvalue weighted by Gasteiger charge is 2.30. The van der Waals surface area contributed by atoms with Gasteiger partial charge >= 0.3 is 0 Å². The Labute approximate surface area is 138 Å². The second-order valence-corrected chi connectivity index (χ2v) is 8.32. The summed E-state index contributed by atoms with van der Waals surface area (Å²) in [5, 5.41) is 2.99. The lowest BCUT2D eigenvalue weighted by Gasteiger charge is -2.26. The molecule has 2 aliphatic rings. The predicted molar refractivity (Wildman–Crippen MR) is 88.8 cm³/mol. The van der Waals surface area contributed by atoms with Gasteiger partial charge in [-0.2, -0.15) is 4.31 Å². The van der Waals surface area contributed by atoms with Gasteiger partial charge in [-0.05, 0) is 37.8 Å². The normalized spacial score (nSPS) is 20.5. The van der Waals surface area contributed by atoms with Crippen molar-refractivity contribution in [1.29, 1.82) is 0 Å². The van der Waals surface area contributed by atoms with E-state index in [1.807, 2.05) is 0 Å². The Bertz CT molecular complexity index is 660. The second kappa shape index (κ2) is 7.01. The van der Waals surface area contributed by atoms with Gasteiger partial charge in [0.2, 0.25) is 10.0 Å². The number of nitrogens with zero attached hydrogens (tertiary/aromatic N) is 1. The van der Waals surface area contributed by atoms with Crippen molar-refractivity contribution in [3.8, 4) is 0 Å². The molecule has 0 radical (unpaired) electrons. The zero-order valence-electron chi connectivity index (χ0n) is 13.3. The van der Waals surface area contributed by atoms with Gasteiger partial charge < -0.3 is 5.32 Å². The zero-order chi connectivity index (χ0) is 16.3. The molecule has 23 heavy (non-hydrogen) atoms. The van der Waals surface area contributed by atoms with E-state index in [4.69, 9.17) is 0 Å². The van der Waals surface area contributed by atoms with E-state index in [9.17, 15) is 13.2 Å². The standard InChI is InChI=1S/C17H24N2O3S/c20-17(18-14-8-2-3-9-14)15-10-4-5-11-16(15)23(21,22)19-12-6-1-7-13-19/h4-5,10-11,14H,1-3,6-9,12-13H2,(H,18,20). The summed E-state index contributed by atoms with van der Waals surface area (Å²) < 4.78 is 27.3. The van der Waals surface area contributed by atoms with Crippen LogP contribution in [-0.2, 0) is 10.0 Å². The lowest BCUT2D eigenvalue weighted by molar-refractivity contribution is 0.0934. The summed E-state index contributed by atoms with van der Waals surface area (Å²) in [5.41, 5.74) is 0.268. The fraction of sp³-hybridized carbons (Fsp3) is 0.588. The molecule has 0 aromatic heterocycles. The Balaban J connectivity index is 1.86. The molecule has 0 atom stereocenters. The molecular weight excluding hydrogens is 312 g/mol. The minimum atomic E-state index is -3.60. The van der Waals surface area contributed by atoms with Crippen molar-refractivity contribution in [3.05, 3.63) is 29.8 Å². The van der Waals surface area contributed by atoms with E-state index in [0.717, 1.165) is 44.9 Å². The van der Waals surface area contributed by atoms with Crippen molar-refractivity contribution in [1.82, 2.24) is 9.62 Å². The van der Waals surface area contributed by atoms with Crippen LogP contribution < -0.4 is 5.32 Å². The van der Waals surface area contributed by atoms with Gasteiger partial charge in [-0.25, -0.2) is 8.42 Å². The van der Waals surface area contributed by atoms with Crippen LogP contribution in [0.1, 0.15) is 55.3 Å². The summed E-state index contributed by atoms with van der Waals surface area (Å²) >= 11 is 0. The molecule has 1 aliphatic carbocycles. The van der Waals surface area contributed by atoms with E-state index in [1.54, 1.807) is 24.3 Å². The molecule has 1 amide bonds. The summed E-state index contributed by atoms with van der Waals surface area (Å²) in [5.74, 6) is -0.270. The van der Waals surface area contributed by atoms with Crippen LogP contribution in [0.15, 0.2) is 29.2 Å². The van der Waals surface area contributed by atoms with Crippen molar-refractivity contribution < 1.29 is 13.2 Å². The summed E-state index contributed by atoms with van der Waals surface area (Å²) in [6.45, 7) is 1.09. The van der Waals surface area contributed by atoms with E-state index in [-0.39, 0.29) is 22.4 Å². The van der Waals surface area contributed by atoms with Crippen molar-refractivity contribution in [2.75, 3.05) is 13.1 Å². The van der Waals surface area contributed by atoms with Crippen molar-refractivity contribution >= 4 is 15.9 Å². The molecule has 0 bridgehead atoms. The first kappa shape index (κ1) is 16.5. The Morgan fingerprint density at radius 2 is 1.65 bits per heavy atom. The number of carbonyl (C=O) groups is 1. The summed E-state index contributed by atoms with van der Waals surface area (Å²) in [6.07, 6.45) is 7.04. The van der Waals surface area contributed by atoms with Crippen LogP contribution >= 0.6 is 0 Å². The van der Waals surface area contributed by atoms with E-state index < -0.39 is 10.0 Å². The molecule has 6 heteroatoms. The molecular formula is C17H24N2O3S. The molecule has 1 saturated heterocycles. The third kappa shape index (κ3) is 3.58. The van der Waals surface area contributed by atoms with Crippen LogP contribution in [0.25, 0.3) is 0 Å². The van der Waals surface area contributed by atoms with Crippen molar-refractivity contribution in [3.63, 3.8) is 0 Å². The van der Waals surface area contributed by atoms with Gasteiger partial charge in [-0.1, -0.05) is 31.4 Å². The maximum Gasteiger partial charge on any atom is 0.252 e. The highest BCUT2D eigenvalue weighted by Crippen LogP contribution is 2.24. The zero-order valence-corrected chi connectivity index (χ0v) is 14.1. The Kier molecular flexibility index (Phi) is 5.02. The van der Waals surface area contributed by atoms with Gasteiger partial charge in [-0.3, -0.25) is 4.79 Å². The molecule has 1 aliphatic heterocycles. The monoisotopic (exact) mass is 336 g/mol. The number of hydrogen-bond acceptors (Lipinski definition) is 3. The molecule has 1 N–H and O–H groups in total. The van der Waals surface area contributed by atoms with Crippen LogP contribution in [0.2, 0.25) is 0 Å². The van der Waals surface area contributed by atoms with Gasteiger partial charge in [0.05, 0.1) is 10.5 Å². The van der Waals surface area contributed by atoms with Gasteiger partial charge in [0, 0.05) is 19.1 Å². The number of piperidine rings is 1. The third-order valence-electron chi connectivity index (χ3n) is 4.75. The minimum absolute atomic E-state index is 0.136. The average Bonchev–Trinajstić information content (AvgIpc) is 3.08. The molecule has 0 spiro atoms. The van der Waals surface area contributed by atoms with Crippen LogP contribution in [0.4, 0.5) is 0 Å². The maximum absolute atomic E-state index is 12.9. The van der Waals surface area contributed by atoms with E-state index in [0.29, 0.717) is 13.1 Å². The molecule has 5 nitrogen and oxygen atoms in total. The van der Waals surface area contributed by atoms with Gasteiger partial charge in [0.15, 0.2) is 0 Å². The quantitative estimate of drug-likeness (QED) is 0.919. The highest BCUT2D eigenvalue weighted by atomic mass is 32.2. The molecule has 2 fully saturated rings. The minimum Gasteiger partial charge on any atom is -0.349 e. The number of carbonyl (C=O) groups excluding carboxylic acids is 1. The van der Waals surface area contributed by atoms with Crippen molar-refractivity contribution in [2.45, 2.75) is 55.9 Å². The number of sulfonamides is 1. The fourth-order valence-corrected chi connectivity index (χ4v) is 5.16. The SMILES string of the molecule is O=C(NC1CCCC1)c1ccccc1S(=O)(=O)N1CCCCC1. The number of hydrogen-bond donors (Lipinski definition) is 1. The largest absolute Gasteiger partial charge is 0.349 e. The molecule has 0 unspecified atom stereocenters. The molecule has 1 saturated carbocycles. The summed E-state index contributed by atoms with van der Waals surface area (Å²) in [4.78, 5) is 12.7. The Hall–Kier alpha value is -1.40. The van der Waals surface area contributed by atoms with Crippen LogP contribution in [0.5, 0.6) is 0 Å². The Morgan fingerprint density at radius 3 is 2.35 bits per heavy atom. The first-order chi connectivity index (χ1) is 11.1. The lowest BCUT2D eigenvalue weighted by atomic mass is 10.2. The number of benzene rings is 1. The molecule has 1 heterocycles. The van der Waals surface area contributed by atoms with E-state index in [2.05, 4.69) is 5.32 Å². The maximum atomic E-state index is 12.9. The number of rotatable bonds is 4. The van der Waals surface area contributed by atoms with E-state index in [1.165, 1.54) is 4.31 Å². The van der Waals surface area contributed by atoms with E-state index >= 15 is 0 Å². The third-order valence-corrected chi connectivity index (χ3v) is 6.71. The molecule has 1 aromatic rings. The summed E-state index contributed by atoms with van der Waals surface area (Å²) in [7, 11) is -3.60.